The number of amides is 2. The molecule has 1 heterocycles. The van der Waals surface area contributed by atoms with Crippen LogP contribution < -0.4 is 10.6 Å². The number of rotatable bonds is 4. The number of nitrogens with one attached hydrogen (secondary N) is 2. The van der Waals surface area contributed by atoms with Gasteiger partial charge in [0.05, 0.1) is 18.0 Å². The monoisotopic (exact) mass is 339 g/mol. The Kier molecular flexibility index (Phi) is 5.40. The maximum absolute atomic E-state index is 12.4. The third-order valence-electron chi connectivity index (χ3n) is 3.19. The number of alkyl halides is 3. The number of aliphatic hydroxyl groups excluding tert-OH is 1. The molecule has 0 spiro atoms. The molecule has 0 radical (unpaired) electrons. The van der Waals surface area contributed by atoms with Gasteiger partial charge in [0, 0.05) is 6.54 Å². The van der Waals surface area contributed by atoms with Gasteiger partial charge in [0.15, 0.2) is 0 Å². The first kappa shape index (κ1) is 17.7. The lowest BCUT2D eigenvalue weighted by Crippen LogP contribution is -2.32. The first-order chi connectivity index (χ1) is 11.3. The molecule has 1 aromatic heterocycles. The highest BCUT2D eigenvalue weighted by Gasteiger charge is 2.32. The minimum absolute atomic E-state index is 0.0383. The van der Waals surface area contributed by atoms with Gasteiger partial charge in [0.2, 0.25) is 0 Å². The first-order valence-electron chi connectivity index (χ1n) is 7.08. The second kappa shape index (κ2) is 7.31. The zero-order valence-electron chi connectivity index (χ0n) is 12.8. The fourth-order valence-electron chi connectivity index (χ4n) is 2.00. The predicted octanol–water partition coefficient (Wildman–Crippen LogP) is 3.26. The molecule has 0 aliphatic carbocycles. The zero-order valence-corrected chi connectivity index (χ0v) is 12.8. The molecule has 2 aromatic rings. The topological polar surface area (TPSA) is 74.2 Å². The highest BCUT2D eigenvalue weighted by Crippen LogP contribution is 2.27. The number of urea groups is 1. The van der Waals surface area contributed by atoms with Gasteiger partial charge in [-0.05, 0) is 24.6 Å². The first-order valence-corrected chi connectivity index (χ1v) is 7.08. The Labute approximate surface area is 136 Å². The molecular formula is C16H16F3N3O2. The van der Waals surface area contributed by atoms with Gasteiger partial charge in [-0.25, -0.2) is 9.78 Å². The molecule has 0 bridgehead atoms. The second-order valence-electron chi connectivity index (χ2n) is 5.19. The van der Waals surface area contributed by atoms with Gasteiger partial charge in [0.25, 0.3) is 0 Å². The smallest absolute Gasteiger partial charge is 0.387 e. The number of nitrogens with zero attached hydrogens (tertiary/aromatic N) is 1. The van der Waals surface area contributed by atoms with Crippen molar-refractivity contribution in [2.45, 2.75) is 19.2 Å². The van der Waals surface area contributed by atoms with Crippen molar-refractivity contribution in [1.82, 2.24) is 10.3 Å². The third kappa shape index (κ3) is 4.95. The number of benzene rings is 1. The van der Waals surface area contributed by atoms with Crippen molar-refractivity contribution >= 4 is 11.7 Å². The normalized spacial score (nSPS) is 12.5. The second-order valence-corrected chi connectivity index (χ2v) is 5.19. The molecule has 128 valence electrons. The SMILES string of the molecule is Cc1cccc(C(O)CNC(=O)Nc2ccc(C(F)(F)F)nc2)c1. The predicted molar refractivity (Wildman–Crippen MR) is 82.4 cm³/mol. The highest BCUT2D eigenvalue weighted by atomic mass is 19.4. The Morgan fingerprint density at radius 2 is 2.04 bits per heavy atom. The van der Waals surface area contributed by atoms with E-state index in [4.69, 9.17) is 0 Å². The summed E-state index contributed by atoms with van der Waals surface area (Å²) in [7, 11) is 0. The molecule has 5 nitrogen and oxygen atoms in total. The van der Waals surface area contributed by atoms with Crippen LogP contribution >= 0.6 is 0 Å². The van der Waals surface area contributed by atoms with Crippen molar-refractivity contribution in [2.75, 3.05) is 11.9 Å². The molecule has 0 fully saturated rings. The highest BCUT2D eigenvalue weighted by molar-refractivity contribution is 5.89. The van der Waals surface area contributed by atoms with Gasteiger partial charge in [-0.2, -0.15) is 13.2 Å². The lowest BCUT2D eigenvalue weighted by atomic mass is 10.1. The van der Waals surface area contributed by atoms with Crippen LogP contribution in [0.1, 0.15) is 22.9 Å². The zero-order chi connectivity index (χ0) is 17.7. The van der Waals surface area contributed by atoms with E-state index >= 15 is 0 Å². The lowest BCUT2D eigenvalue weighted by Gasteiger charge is -2.13. The van der Waals surface area contributed by atoms with E-state index in [0.717, 1.165) is 23.9 Å². The number of carbonyl (C=O) groups excluding carboxylic acids is 1. The molecular weight excluding hydrogens is 323 g/mol. The Bertz CT molecular complexity index is 702. The molecule has 0 saturated heterocycles. The van der Waals surface area contributed by atoms with Gasteiger partial charge in [-0.3, -0.25) is 0 Å². The van der Waals surface area contributed by atoms with Gasteiger partial charge < -0.3 is 15.7 Å². The van der Waals surface area contributed by atoms with E-state index in [2.05, 4.69) is 15.6 Å². The Morgan fingerprint density at radius 1 is 1.29 bits per heavy atom. The maximum Gasteiger partial charge on any atom is 0.433 e. The number of aryl methyl sites for hydroxylation is 1. The molecule has 1 atom stereocenters. The summed E-state index contributed by atoms with van der Waals surface area (Å²) in [5.74, 6) is 0. The number of pyridine rings is 1. The van der Waals surface area contributed by atoms with E-state index in [-0.39, 0.29) is 12.2 Å². The number of hydrogen-bond donors (Lipinski definition) is 3. The van der Waals surface area contributed by atoms with Crippen molar-refractivity contribution in [2.24, 2.45) is 0 Å². The standard InChI is InChI=1S/C16H16F3N3O2/c1-10-3-2-4-11(7-10)13(23)9-21-15(24)22-12-5-6-14(20-8-12)16(17,18)19/h2-8,13,23H,9H2,1H3,(H2,21,22,24). The average Bonchev–Trinajstić information content (AvgIpc) is 2.52. The molecule has 1 aromatic carbocycles. The van der Waals surface area contributed by atoms with E-state index in [1.165, 1.54) is 0 Å². The molecule has 24 heavy (non-hydrogen) atoms. The van der Waals surface area contributed by atoms with Crippen LogP contribution in [0.25, 0.3) is 0 Å². The number of aliphatic hydroxyl groups is 1. The van der Waals surface area contributed by atoms with E-state index < -0.39 is 24.0 Å². The summed E-state index contributed by atoms with van der Waals surface area (Å²) in [4.78, 5) is 15.0. The van der Waals surface area contributed by atoms with E-state index in [1.807, 2.05) is 13.0 Å². The van der Waals surface area contributed by atoms with Crippen LogP contribution in [0.5, 0.6) is 0 Å². The molecule has 2 amide bonds. The van der Waals surface area contributed by atoms with Crippen molar-refractivity contribution in [1.29, 1.82) is 0 Å². The summed E-state index contributed by atoms with van der Waals surface area (Å²) in [6.07, 6.45) is -4.50. The van der Waals surface area contributed by atoms with Crippen LogP contribution in [0.2, 0.25) is 0 Å². The summed E-state index contributed by atoms with van der Waals surface area (Å²) >= 11 is 0. The number of carbonyl (C=O) groups is 1. The minimum Gasteiger partial charge on any atom is -0.387 e. The Hall–Kier alpha value is -2.61. The molecule has 1 unspecified atom stereocenters. The third-order valence-corrected chi connectivity index (χ3v) is 3.19. The van der Waals surface area contributed by atoms with E-state index in [9.17, 15) is 23.1 Å². The van der Waals surface area contributed by atoms with Crippen LogP contribution in [-0.4, -0.2) is 22.7 Å². The molecule has 3 N–H and O–H groups in total. The fraction of sp³-hybridized carbons (Fsp3) is 0.250. The van der Waals surface area contributed by atoms with Crippen LogP contribution in [-0.2, 0) is 6.18 Å². The average molecular weight is 339 g/mol. The van der Waals surface area contributed by atoms with Crippen molar-refractivity contribution in [3.05, 3.63) is 59.4 Å². The molecule has 8 heteroatoms. The molecule has 0 aliphatic heterocycles. The minimum atomic E-state index is -4.53. The molecule has 0 saturated carbocycles. The van der Waals surface area contributed by atoms with Gasteiger partial charge >= 0.3 is 12.2 Å². The quantitative estimate of drug-likeness (QED) is 0.800. The van der Waals surface area contributed by atoms with Crippen LogP contribution in [0, 0.1) is 6.92 Å². The summed E-state index contributed by atoms with van der Waals surface area (Å²) in [6, 6.07) is 8.43. The lowest BCUT2D eigenvalue weighted by molar-refractivity contribution is -0.141. The van der Waals surface area contributed by atoms with E-state index in [0.29, 0.717) is 5.56 Å². The van der Waals surface area contributed by atoms with Crippen LogP contribution in [0.4, 0.5) is 23.7 Å². The molecule has 2 rings (SSSR count). The number of aromatic nitrogens is 1. The van der Waals surface area contributed by atoms with Crippen molar-refractivity contribution in [3.8, 4) is 0 Å². The number of halogens is 3. The van der Waals surface area contributed by atoms with Crippen LogP contribution in [0.15, 0.2) is 42.6 Å². The summed E-state index contributed by atoms with van der Waals surface area (Å²) in [6.45, 7) is 1.84. The van der Waals surface area contributed by atoms with E-state index in [1.54, 1.807) is 18.2 Å². The largest absolute Gasteiger partial charge is 0.433 e. The maximum atomic E-state index is 12.4. The Morgan fingerprint density at radius 3 is 2.62 bits per heavy atom. The van der Waals surface area contributed by atoms with Gasteiger partial charge in [-0.1, -0.05) is 29.8 Å². The fourth-order valence-corrected chi connectivity index (χ4v) is 2.00. The van der Waals surface area contributed by atoms with Crippen molar-refractivity contribution in [3.63, 3.8) is 0 Å². The molecule has 0 aliphatic rings. The number of anilines is 1. The number of hydrogen-bond acceptors (Lipinski definition) is 3. The van der Waals surface area contributed by atoms with Gasteiger partial charge in [0.1, 0.15) is 5.69 Å². The van der Waals surface area contributed by atoms with Crippen LogP contribution in [0.3, 0.4) is 0 Å². The van der Waals surface area contributed by atoms with Crippen molar-refractivity contribution < 1.29 is 23.1 Å². The van der Waals surface area contributed by atoms with Gasteiger partial charge in [-0.15, -0.1) is 0 Å². The summed E-state index contributed by atoms with van der Waals surface area (Å²) in [5.41, 5.74) is 0.715. The summed E-state index contributed by atoms with van der Waals surface area (Å²) in [5, 5.41) is 14.8. The summed E-state index contributed by atoms with van der Waals surface area (Å²) < 4.78 is 37.2. The Balaban J connectivity index is 1.87.